The molecule has 0 atom stereocenters. The van der Waals surface area contributed by atoms with Crippen molar-refractivity contribution in [2.75, 3.05) is 33.5 Å². The maximum atomic E-state index is 11.2. The standard InChI is InChI=1S/C11H13NO2S.C6H13NO/c1-7(2)4-5-8-6-9(12)10(15-8)11(13)14-3;1-7(2)5-3-4-6-8/h6-7H,12H2,1-3H3;6H,3-5H2,1-2H3. The molecule has 0 aliphatic rings. The SMILES string of the molecule is CN(C)CCCC=O.COC(=O)c1sc(C#CC(C)C)cc1N. The highest BCUT2D eigenvalue weighted by Crippen LogP contribution is 2.24. The summed E-state index contributed by atoms with van der Waals surface area (Å²) in [6.45, 7) is 5.02. The molecule has 0 saturated heterocycles. The van der Waals surface area contributed by atoms with Gasteiger partial charge in [-0.15, -0.1) is 11.3 Å². The van der Waals surface area contributed by atoms with Gasteiger partial charge in [0.25, 0.3) is 0 Å². The van der Waals surface area contributed by atoms with Crippen LogP contribution in [0.5, 0.6) is 0 Å². The molecule has 0 unspecified atom stereocenters. The summed E-state index contributed by atoms with van der Waals surface area (Å²) in [5.74, 6) is 5.87. The van der Waals surface area contributed by atoms with Crippen molar-refractivity contribution in [3.63, 3.8) is 0 Å². The Morgan fingerprint density at radius 1 is 1.48 bits per heavy atom. The molecule has 0 spiro atoms. The smallest absolute Gasteiger partial charge is 0.350 e. The molecule has 0 saturated carbocycles. The molecular formula is C17H26N2O3S. The van der Waals surface area contributed by atoms with Gasteiger partial charge in [0.1, 0.15) is 11.2 Å². The Morgan fingerprint density at radius 2 is 2.13 bits per heavy atom. The first-order valence-corrected chi connectivity index (χ1v) is 8.21. The molecule has 1 aromatic rings. The Hall–Kier alpha value is -1.84. The highest BCUT2D eigenvalue weighted by Gasteiger charge is 2.13. The monoisotopic (exact) mass is 338 g/mol. The fourth-order valence-corrected chi connectivity index (χ4v) is 2.28. The van der Waals surface area contributed by atoms with E-state index in [0.29, 0.717) is 22.9 Å². The zero-order valence-corrected chi connectivity index (χ0v) is 15.3. The maximum Gasteiger partial charge on any atom is 0.350 e. The topological polar surface area (TPSA) is 72.6 Å². The molecule has 5 nitrogen and oxygen atoms in total. The van der Waals surface area contributed by atoms with E-state index in [2.05, 4.69) is 21.5 Å². The molecule has 2 N–H and O–H groups in total. The predicted octanol–water partition coefficient (Wildman–Crippen LogP) is 2.65. The lowest BCUT2D eigenvalue weighted by Gasteiger charge is -2.05. The molecule has 0 fully saturated rings. The van der Waals surface area contributed by atoms with Crippen LogP contribution in [0.3, 0.4) is 0 Å². The molecular weight excluding hydrogens is 312 g/mol. The summed E-state index contributed by atoms with van der Waals surface area (Å²) in [5.41, 5.74) is 6.10. The van der Waals surface area contributed by atoms with Crippen LogP contribution in [0, 0.1) is 17.8 Å². The van der Waals surface area contributed by atoms with Gasteiger partial charge in [-0.1, -0.05) is 25.7 Å². The Balaban J connectivity index is 0.000000515. The average molecular weight is 338 g/mol. The fraction of sp³-hybridized carbons (Fsp3) is 0.529. The van der Waals surface area contributed by atoms with E-state index in [-0.39, 0.29) is 0 Å². The molecule has 1 aromatic heterocycles. The number of esters is 1. The van der Waals surface area contributed by atoms with E-state index in [0.717, 1.165) is 24.1 Å². The van der Waals surface area contributed by atoms with Gasteiger partial charge in [-0.25, -0.2) is 4.79 Å². The van der Waals surface area contributed by atoms with Crippen LogP contribution in [0.1, 0.15) is 41.2 Å². The van der Waals surface area contributed by atoms with Gasteiger partial charge in [0, 0.05) is 12.3 Å². The number of unbranched alkanes of at least 4 members (excludes halogenated alkanes) is 1. The molecule has 0 amide bonds. The van der Waals surface area contributed by atoms with Gasteiger partial charge in [0.2, 0.25) is 0 Å². The number of hydrogen-bond acceptors (Lipinski definition) is 6. The number of rotatable bonds is 5. The van der Waals surface area contributed by atoms with Gasteiger partial charge >= 0.3 is 5.97 Å². The number of methoxy groups -OCH3 is 1. The van der Waals surface area contributed by atoms with E-state index >= 15 is 0 Å². The first-order valence-electron chi connectivity index (χ1n) is 7.39. The largest absolute Gasteiger partial charge is 0.465 e. The summed E-state index contributed by atoms with van der Waals surface area (Å²) in [4.78, 5) is 24.3. The fourth-order valence-electron chi connectivity index (χ4n) is 1.43. The third-order valence-electron chi connectivity index (χ3n) is 2.54. The normalized spacial score (nSPS) is 9.70. The lowest BCUT2D eigenvalue weighted by molar-refractivity contribution is -0.107. The van der Waals surface area contributed by atoms with Crippen molar-refractivity contribution in [1.82, 2.24) is 4.90 Å². The molecule has 0 aromatic carbocycles. The number of nitrogen functional groups attached to an aromatic ring is 1. The summed E-state index contributed by atoms with van der Waals surface area (Å²) in [7, 11) is 5.34. The van der Waals surface area contributed by atoms with E-state index in [1.54, 1.807) is 6.07 Å². The first-order chi connectivity index (χ1) is 10.8. The van der Waals surface area contributed by atoms with Gasteiger partial charge < -0.3 is 20.2 Å². The first kappa shape index (κ1) is 21.2. The quantitative estimate of drug-likeness (QED) is 0.387. The van der Waals surface area contributed by atoms with Gasteiger partial charge in [-0.2, -0.15) is 0 Å². The Labute approximate surface area is 142 Å². The van der Waals surface area contributed by atoms with Gasteiger partial charge in [0.05, 0.1) is 17.7 Å². The lowest BCUT2D eigenvalue weighted by Crippen LogP contribution is -2.12. The number of carbonyl (C=O) groups excluding carboxylic acids is 2. The Morgan fingerprint density at radius 3 is 2.61 bits per heavy atom. The number of anilines is 1. The lowest BCUT2D eigenvalue weighted by atomic mass is 10.2. The molecule has 0 bridgehead atoms. The van der Waals surface area contributed by atoms with E-state index in [4.69, 9.17) is 5.73 Å². The Bertz CT molecular complexity index is 554. The van der Waals surface area contributed by atoms with Crippen LogP contribution >= 0.6 is 11.3 Å². The molecule has 1 rings (SSSR count). The minimum absolute atomic E-state index is 0.301. The molecule has 128 valence electrons. The second-order valence-corrected chi connectivity index (χ2v) is 6.48. The molecule has 6 heteroatoms. The minimum atomic E-state index is -0.407. The van der Waals surface area contributed by atoms with Crippen molar-refractivity contribution in [3.05, 3.63) is 15.8 Å². The van der Waals surface area contributed by atoms with Crippen LogP contribution in [0.15, 0.2) is 6.07 Å². The number of hydrogen-bond donors (Lipinski definition) is 1. The number of ether oxygens (including phenoxy) is 1. The van der Waals surface area contributed by atoms with E-state index in [1.807, 2.05) is 27.9 Å². The van der Waals surface area contributed by atoms with Crippen molar-refractivity contribution in [1.29, 1.82) is 0 Å². The summed E-state index contributed by atoms with van der Waals surface area (Å²) < 4.78 is 4.60. The number of aldehydes is 1. The molecule has 0 aliphatic heterocycles. The number of thiophene rings is 1. The molecule has 0 aliphatic carbocycles. The molecule has 0 radical (unpaired) electrons. The van der Waals surface area contributed by atoms with Crippen molar-refractivity contribution < 1.29 is 14.3 Å². The molecule has 1 heterocycles. The third-order valence-corrected chi connectivity index (χ3v) is 3.59. The summed E-state index contributed by atoms with van der Waals surface area (Å²) in [5, 5.41) is 0. The van der Waals surface area contributed by atoms with Crippen LogP contribution in [-0.2, 0) is 9.53 Å². The van der Waals surface area contributed by atoms with E-state index < -0.39 is 5.97 Å². The van der Waals surface area contributed by atoms with Crippen LogP contribution in [0.25, 0.3) is 0 Å². The van der Waals surface area contributed by atoms with Gasteiger partial charge in [-0.3, -0.25) is 0 Å². The number of nitrogens with two attached hydrogens (primary N) is 1. The zero-order valence-electron chi connectivity index (χ0n) is 14.5. The van der Waals surface area contributed by atoms with E-state index in [1.165, 1.54) is 18.4 Å². The highest BCUT2D eigenvalue weighted by atomic mass is 32.1. The summed E-state index contributed by atoms with van der Waals surface area (Å²) >= 11 is 1.26. The zero-order chi connectivity index (χ0) is 17.8. The van der Waals surface area contributed by atoms with Crippen molar-refractivity contribution >= 4 is 29.3 Å². The van der Waals surface area contributed by atoms with Crippen LogP contribution in [-0.4, -0.2) is 44.9 Å². The maximum absolute atomic E-state index is 11.2. The minimum Gasteiger partial charge on any atom is -0.465 e. The third kappa shape index (κ3) is 9.72. The Kier molecular flexibility index (Phi) is 10.8. The average Bonchev–Trinajstić information content (AvgIpc) is 2.86. The van der Waals surface area contributed by atoms with Gasteiger partial charge in [0.15, 0.2) is 0 Å². The number of nitrogens with zero attached hydrogens (tertiary/aromatic N) is 1. The summed E-state index contributed by atoms with van der Waals surface area (Å²) in [6.07, 6.45) is 2.64. The van der Waals surface area contributed by atoms with Crippen LogP contribution < -0.4 is 5.73 Å². The van der Waals surface area contributed by atoms with Crippen molar-refractivity contribution in [2.45, 2.75) is 26.7 Å². The van der Waals surface area contributed by atoms with Crippen molar-refractivity contribution in [2.24, 2.45) is 5.92 Å². The van der Waals surface area contributed by atoms with Crippen LogP contribution in [0.2, 0.25) is 0 Å². The summed E-state index contributed by atoms with van der Waals surface area (Å²) in [6, 6.07) is 1.70. The second kappa shape index (κ2) is 11.7. The van der Waals surface area contributed by atoms with E-state index in [9.17, 15) is 9.59 Å². The predicted molar refractivity (Wildman–Crippen MR) is 95.6 cm³/mol. The molecule has 23 heavy (non-hydrogen) atoms. The van der Waals surface area contributed by atoms with Crippen molar-refractivity contribution in [3.8, 4) is 11.8 Å². The second-order valence-electron chi connectivity index (χ2n) is 5.42. The highest BCUT2D eigenvalue weighted by molar-refractivity contribution is 7.15. The van der Waals surface area contributed by atoms with Crippen LogP contribution in [0.4, 0.5) is 5.69 Å². The van der Waals surface area contributed by atoms with Gasteiger partial charge in [-0.05, 0) is 33.1 Å². The number of carbonyl (C=O) groups is 2.